The minimum Gasteiger partial charge on any atom is -0.469 e. The number of ether oxygens (including phenoxy) is 3. The number of rotatable bonds is 5. The van der Waals surface area contributed by atoms with Crippen molar-refractivity contribution < 1.29 is 24.1 Å². The van der Waals surface area contributed by atoms with Crippen LogP contribution in [0.15, 0.2) is 0 Å². The van der Waals surface area contributed by atoms with Gasteiger partial charge in [-0.05, 0) is 69.1 Å². The molecule has 0 radical (unpaired) electrons. The molecule has 2 aliphatic carbocycles. The van der Waals surface area contributed by atoms with Crippen LogP contribution in [0, 0.1) is 28.6 Å². The lowest BCUT2D eigenvalue weighted by Crippen LogP contribution is -2.55. The molecular formula is C21H36O5. The minimum atomic E-state index is -0.496. The first-order valence-electron chi connectivity index (χ1n) is 10.3. The Bertz CT molecular complexity index is 515. The summed E-state index contributed by atoms with van der Waals surface area (Å²) >= 11 is 0. The van der Waals surface area contributed by atoms with Crippen LogP contribution in [0.25, 0.3) is 0 Å². The van der Waals surface area contributed by atoms with Crippen molar-refractivity contribution in [3.05, 3.63) is 0 Å². The molecule has 0 amide bonds. The van der Waals surface area contributed by atoms with Crippen molar-refractivity contribution in [2.75, 3.05) is 26.9 Å². The molecule has 0 aromatic rings. The van der Waals surface area contributed by atoms with Crippen LogP contribution < -0.4 is 0 Å². The van der Waals surface area contributed by atoms with Gasteiger partial charge < -0.3 is 19.3 Å². The lowest BCUT2D eigenvalue weighted by molar-refractivity contribution is -0.181. The van der Waals surface area contributed by atoms with Crippen LogP contribution in [0.5, 0.6) is 0 Å². The number of esters is 1. The Morgan fingerprint density at radius 1 is 1.15 bits per heavy atom. The standard InChI is InChI=1S/C21H36O5/c1-19-9-5-10-20(2,18(23)24-4)17(19)7-6-15(14-22)16(19)8-11-21(3)25-12-13-26-21/h15-17,22H,5-14H2,1-4H3/t15-,16+,17-,19-,20-/m1/s1. The molecule has 5 atom stereocenters. The third-order valence-corrected chi connectivity index (χ3v) is 7.91. The van der Waals surface area contributed by atoms with Crippen LogP contribution in [0.2, 0.25) is 0 Å². The monoisotopic (exact) mass is 368 g/mol. The van der Waals surface area contributed by atoms with Crippen molar-refractivity contribution in [1.82, 2.24) is 0 Å². The maximum Gasteiger partial charge on any atom is 0.311 e. The third kappa shape index (κ3) is 3.31. The van der Waals surface area contributed by atoms with Gasteiger partial charge in [0.25, 0.3) is 0 Å². The first kappa shape index (κ1) is 20.1. The molecule has 26 heavy (non-hydrogen) atoms. The van der Waals surface area contributed by atoms with E-state index in [4.69, 9.17) is 14.2 Å². The number of carbonyl (C=O) groups excluding carboxylic acids is 1. The summed E-state index contributed by atoms with van der Waals surface area (Å²) in [4.78, 5) is 12.6. The normalized spacial score (nSPS) is 42.3. The second kappa shape index (κ2) is 7.40. The largest absolute Gasteiger partial charge is 0.469 e. The molecule has 3 aliphatic rings. The van der Waals surface area contributed by atoms with Gasteiger partial charge in [0.2, 0.25) is 0 Å². The molecule has 0 aromatic heterocycles. The van der Waals surface area contributed by atoms with Gasteiger partial charge in [0.1, 0.15) is 0 Å². The number of methoxy groups -OCH3 is 1. The summed E-state index contributed by atoms with van der Waals surface area (Å²) in [5.74, 6) is 0.413. The van der Waals surface area contributed by atoms with E-state index in [2.05, 4.69) is 13.8 Å². The van der Waals surface area contributed by atoms with Gasteiger partial charge >= 0.3 is 5.97 Å². The van der Waals surface area contributed by atoms with E-state index in [0.717, 1.165) is 44.9 Å². The summed E-state index contributed by atoms with van der Waals surface area (Å²) in [6.07, 6.45) is 6.83. The summed E-state index contributed by atoms with van der Waals surface area (Å²) in [5.41, 5.74) is -0.369. The van der Waals surface area contributed by atoms with E-state index in [9.17, 15) is 9.90 Å². The third-order valence-electron chi connectivity index (χ3n) is 7.91. The molecule has 1 aliphatic heterocycles. The van der Waals surface area contributed by atoms with Crippen molar-refractivity contribution in [2.45, 2.75) is 71.5 Å². The number of aliphatic hydroxyl groups is 1. The fraction of sp³-hybridized carbons (Fsp3) is 0.952. The average molecular weight is 369 g/mol. The molecule has 150 valence electrons. The number of aliphatic hydroxyl groups excluding tert-OH is 1. The Labute approximate surface area is 157 Å². The van der Waals surface area contributed by atoms with E-state index in [-0.39, 0.29) is 18.0 Å². The van der Waals surface area contributed by atoms with Crippen molar-refractivity contribution in [3.63, 3.8) is 0 Å². The van der Waals surface area contributed by atoms with E-state index in [1.807, 2.05) is 6.92 Å². The predicted octanol–water partition coefficient (Wildman–Crippen LogP) is 3.53. The van der Waals surface area contributed by atoms with Gasteiger partial charge in [0.15, 0.2) is 5.79 Å². The molecule has 3 fully saturated rings. The first-order valence-corrected chi connectivity index (χ1v) is 10.3. The van der Waals surface area contributed by atoms with Crippen molar-refractivity contribution in [2.24, 2.45) is 28.6 Å². The van der Waals surface area contributed by atoms with Gasteiger partial charge in [0, 0.05) is 13.0 Å². The Hall–Kier alpha value is -0.650. The molecule has 0 unspecified atom stereocenters. The maximum atomic E-state index is 12.6. The van der Waals surface area contributed by atoms with Crippen LogP contribution in [0.1, 0.15) is 65.7 Å². The summed E-state index contributed by atoms with van der Waals surface area (Å²) in [7, 11) is 1.51. The summed E-state index contributed by atoms with van der Waals surface area (Å²) < 4.78 is 16.8. The van der Waals surface area contributed by atoms with E-state index in [0.29, 0.717) is 31.0 Å². The zero-order valence-corrected chi connectivity index (χ0v) is 16.9. The van der Waals surface area contributed by atoms with Crippen LogP contribution in [0.4, 0.5) is 0 Å². The Kier molecular flexibility index (Phi) is 5.72. The zero-order valence-electron chi connectivity index (χ0n) is 16.9. The lowest BCUT2D eigenvalue weighted by Gasteiger charge is -2.59. The number of hydrogen-bond acceptors (Lipinski definition) is 5. The molecule has 5 nitrogen and oxygen atoms in total. The van der Waals surface area contributed by atoms with E-state index >= 15 is 0 Å². The van der Waals surface area contributed by atoms with Gasteiger partial charge in [-0.1, -0.05) is 13.3 Å². The molecular weight excluding hydrogens is 332 g/mol. The molecule has 0 spiro atoms. The highest BCUT2D eigenvalue weighted by molar-refractivity contribution is 5.77. The maximum absolute atomic E-state index is 12.6. The molecule has 0 aromatic carbocycles. The molecule has 1 N–H and O–H groups in total. The molecule has 5 heteroatoms. The smallest absolute Gasteiger partial charge is 0.311 e. The van der Waals surface area contributed by atoms with Gasteiger partial charge in [-0.3, -0.25) is 4.79 Å². The van der Waals surface area contributed by atoms with Gasteiger partial charge in [-0.15, -0.1) is 0 Å². The summed E-state index contributed by atoms with van der Waals surface area (Å²) in [5, 5.41) is 10.1. The van der Waals surface area contributed by atoms with E-state index in [1.54, 1.807) is 0 Å². The predicted molar refractivity (Wildman–Crippen MR) is 98.4 cm³/mol. The number of hydrogen-bond donors (Lipinski definition) is 1. The highest BCUT2D eigenvalue weighted by atomic mass is 16.7. The van der Waals surface area contributed by atoms with Crippen LogP contribution in [-0.4, -0.2) is 43.8 Å². The van der Waals surface area contributed by atoms with E-state index in [1.165, 1.54) is 7.11 Å². The molecule has 2 saturated carbocycles. The highest BCUT2D eigenvalue weighted by Gasteiger charge is 2.59. The molecule has 1 heterocycles. The van der Waals surface area contributed by atoms with Crippen LogP contribution in [-0.2, 0) is 19.0 Å². The SMILES string of the molecule is COC(=O)[C@]1(C)CCC[C@@]2(C)[C@H]1CC[C@H](CO)[C@@H]2CCC1(C)OCCO1. The molecule has 3 rings (SSSR count). The Balaban J connectivity index is 1.84. The van der Waals surface area contributed by atoms with Gasteiger partial charge in [-0.25, -0.2) is 0 Å². The number of carbonyl (C=O) groups is 1. The zero-order chi connectivity index (χ0) is 19.0. The molecule has 1 saturated heterocycles. The highest BCUT2D eigenvalue weighted by Crippen LogP contribution is 2.62. The average Bonchev–Trinajstić information content (AvgIpc) is 3.05. The van der Waals surface area contributed by atoms with Crippen molar-refractivity contribution >= 4 is 5.97 Å². The second-order valence-electron chi connectivity index (χ2n) is 9.32. The van der Waals surface area contributed by atoms with Crippen molar-refractivity contribution in [3.8, 4) is 0 Å². The first-order chi connectivity index (χ1) is 12.3. The quantitative estimate of drug-likeness (QED) is 0.752. The topological polar surface area (TPSA) is 65.0 Å². The van der Waals surface area contributed by atoms with Gasteiger partial charge in [0.05, 0.1) is 25.7 Å². The Morgan fingerprint density at radius 3 is 2.46 bits per heavy atom. The fourth-order valence-electron chi connectivity index (χ4n) is 6.51. The minimum absolute atomic E-state index is 0.0435. The van der Waals surface area contributed by atoms with Crippen molar-refractivity contribution in [1.29, 1.82) is 0 Å². The second-order valence-corrected chi connectivity index (χ2v) is 9.32. The van der Waals surface area contributed by atoms with Crippen LogP contribution >= 0.6 is 0 Å². The summed E-state index contributed by atoms with van der Waals surface area (Å²) in [6.45, 7) is 8.01. The lowest BCUT2D eigenvalue weighted by atomic mass is 9.45. The fourth-order valence-corrected chi connectivity index (χ4v) is 6.51. The van der Waals surface area contributed by atoms with E-state index < -0.39 is 11.2 Å². The number of fused-ring (bicyclic) bond motifs is 1. The molecule has 0 bridgehead atoms. The van der Waals surface area contributed by atoms with Gasteiger partial charge in [-0.2, -0.15) is 0 Å². The Morgan fingerprint density at radius 2 is 1.85 bits per heavy atom. The summed E-state index contributed by atoms with van der Waals surface area (Å²) in [6, 6.07) is 0. The van der Waals surface area contributed by atoms with Crippen LogP contribution in [0.3, 0.4) is 0 Å².